The minimum atomic E-state index is -4.59. The average molecular weight is 348 g/mol. The predicted molar refractivity (Wildman–Crippen MR) is 78.9 cm³/mol. The van der Waals surface area contributed by atoms with E-state index < -0.39 is 17.8 Å². The van der Waals surface area contributed by atoms with Gasteiger partial charge in [-0.15, -0.1) is 0 Å². The smallest absolute Gasteiger partial charge is 0.433 e. The largest absolute Gasteiger partial charge is 0.495 e. The lowest BCUT2D eigenvalue weighted by Gasteiger charge is -2.11. The Morgan fingerprint density at radius 3 is 2.52 bits per heavy atom. The monoisotopic (exact) mass is 347 g/mol. The molecule has 0 aliphatic carbocycles. The van der Waals surface area contributed by atoms with Crippen LogP contribution in [-0.2, 0) is 13.2 Å². The number of benzene rings is 1. The minimum absolute atomic E-state index is 0.290. The van der Waals surface area contributed by atoms with Crippen LogP contribution < -0.4 is 10.1 Å². The van der Waals surface area contributed by atoms with Crippen LogP contribution in [0.1, 0.15) is 21.7 Å². The fourth-order valence-electron chi connectivity index (χ4n) is 1.96. The summed E-state index contributed by atoms with van der Waals surface area (Å²) < 4.78 is 43.9. The summed E-state index contributed by atoms with van der Waals surface area (Å²) in [5.74, 6) is -0.489. The zero-order valence-electron chi connectivity index (χ0n) is 12.5. The maximum Gasteiger partial charge on any atom is 0.433 e. The molecule has 23 heavy (non-hydrogen) atoms. The van der Waals surface area contributed by atoms with Gasteiger partial charge < -0.3 is 10.1 Å². The second kappa shape index (κ2) is 6.11. The molecule has 5 nitrogen and oxygen atoms in total. The Balaban J connectivity index is 2.32. The quantitative estimate of drug-likeness (QED) is 0.921. The van der Waals surface area contributed by atoms with Gasteiger partial charge in [0.05, 0.1) is 12.8 Å². The number of amides is 1. The van der Waals surface area contributed by atoms with E-state index in [1.54, 1.807) is 13.0 Å². The first kappa shape index (κ1) is 17.1. The molecule has 0 atom stereocenters. The summed E-state index contributed by atoms with van der Waals surface area (Å²) in [5, 5.41) is 6.50. The first-order valence-corrected chi connectivity index (χ1v) is 6.78. The lowest BCUT2D eigenvalue weighted by molar-refractivity contribution is -0.143. The molecule has 2 aromatic rings. The van der Waals surface area contributed by atoms with Crippen molar-refractivity contribution in [3.63, 3.8) is 0 Å². The summed E-state index contributed by atoms with van der Waals surface area (Å²) in [7, 11) is 2.51. The topological polar surface area (TPSA) is 56.1 Å². The van der Waals surface area contributed by atoms with Crippen molar-refractivity contribution in [1.82, 2.24) is 9.78 Å². The van der Waals surface area contributed by atoms with Gasteiger partial charge in [-0.1, -0.05) is 11.6 Å². The van der Waals surface area contributed by atoms with Crippen molar-refractivity contribution in [3.8, 4) is 5.75 Å². The van der Waals surface area contributed by atoms with Crippen molar-refractivity contribution in [2.45, 2.75) is 13.1 Å². The van der Waals surface area contributed by atoms with Crippen molar-refractivity contribution < 1.29 is 22.7 Å². The van der Waals surface area contributed by atoms with Gasteiger partial charge in [-0.25, -0.2) is 0 Å². The second-order valence-electron chi connectivity index (χ2n) is 4.79. The number of aryl methyl sites for hydroxylation is 2. The molecule has 1 aromatic carbocycles. The van der Waals surface area contributed by atoms with Gasteiger partial charge in [-0.2, -0.15) is 18.3 Å². The Labute approximate surface area is 135 Å². The molecule has 0 saturated carbocycles. The molecule has 0 aliphatic heterocycles. The summed E-state index contributed by atoms with van der Waals surface area (Å²) in [4.78, 5) is 12.1. The van der Waals surface area contributed by atoms with Crippen molar-refractivity contribution in [1.29, 1.82) is 0 Å². The Hall–Kier alpha value is -2.22. The molecule has 124 valence electrons. The number of carbonyl (C=O) groups excluding carboxylic acids is 1. The van der Waals surface area contributed by atoms with E-state index in [4.69, 9.17) is 16.3 Å². The number of rotatable bonds is 3. The number of methoxy groups -OCH3 is 1. The van der Waals surface area contributed by atoms with Crippen LogP contribution in [0.25, 0.3) is 0 Å². The molecule has 9 heteroatoms. The number of anilines is 1. The van der Waals surface area contributed by atoms with Crippen LogP contribution in [0.5, 0.6) is 5.75 Å². The number of carbonyl (C=O) groups is 1. The molecule has 0 spiro atoms. The summed E-state index contributed by atoms with van der Waals surface area (Å²) in [6, 6.07) is 3.75. The molecule has 1 aromatic heterocycles. The molecule has 1 amide bonds. The van der Waals surface area contributed by atoms with Gasteiger partial charge in [0.25, 0.3) is 5.91 Å². The number of alkyl halides is 3. The molecule has 0 fully saturated rings. The molecule has 0 radical (unpaired) electrons. The van der Waals surface area contributed by atoms with Crippen molar-refractivity contribution in [3.05, 3.63) is 40.2 Å². The van der Waals surface area contributed by atoms with Crippen LogP contribution in [0.3, 0.4) is 0 Å². The van der Waals surface area contributed by atoms with Gasteiger partial charge in [-0.3, -0.25) is 9.48 Å². The highest BCUT2D eigenvalue weighted by molar-refractivity contribution is 6.31. The van der Waals surface area contributed by atoms with E-state index in [1.165, 1.54) is 13.2 Å². The van der Waals surface area contributed by atoms with Crippen molar-refractivity contribution in [2.24, 2.45) is 7.05 Å². The first-order valence-electron chi connectivity index (χ1n) is 6.40. The molecule has 1 N–H and O–H groups in total. The van der Waals surface area contributed by atoms with Crippen LogP contribution in [0, 0.1) is 6.92 Å². The fraction of sp³-hybridized carbons (Fsp3) is 0.286. The first-order chi connectivity index (χ1) is 10.6. The summed E-state index contributed by atoms with van der Waals surface area (Å²) in [6.07, 6.45) is -4.59. The number of hydrogen-bond acceptors (Lipinski definition) is 3. The second-order valence-corrected chi connectivity index (χ2v) is 5.20. The van der Waals surface area contributed by atoms with Crippen LogP contribution >= 0.6 is 11.6 Å². The molecule has 0 unspecified atom stereocenters. The van der Waals surface area contributed by atoms with Gasteiger partial charge in [0, 0.05) is 24.2 Å². The lowest BCUT2D eigenvalue weighted by Crippen LogP contribution is -2.14. The molecule has 0 aliphatic rings. The number of ether oxygens (including phenoxy) is 1. The zero-order valence-corrected chi connectivity index (χ0v) is 13.2. The van der Waals surface area contributed by atoms with Crippen molar-refractivity contribution >= 4 is 23.2 Å². The number of halogens is 4. The number of hydrogen-bond donors (Lipinski definition) is 1. The molecule has 0 saturated heterocycles. The third kappa shape index (κ3) is 3.58. The average Bonchev–Trinajstić information content (AvgIpc) is 2.84. The van der Waals surface area contributed by atoms with Crippen LogP contribution in [0.4, 0.5) is 18.9 Å². The molecule has 1 heterocycles. The van der Waals surface area contributed by atoms with Gasteiger partial charge in [0.1, 0.15) is 11.4 Å². The van der Waals surface area contributed by atoms with E-state index in [0.717, 1.165) is 7.05 Å². The van der Waals surface area contributed by atoms with Gasteiger partial charge in [0.2, 0.25) is 0 Å². The van der Waals surface area contributed by atoms with Gasteiger partial charge in [0.15, 0.2) is 5.69 Å². The van der Waals surface area contributed by atoms with E-state index in [9.17, 15) is 18.0 Å². The molecular weight excluding hydrogens is 335 g/mol. The summed E-state index contributed by atoms with van der Waals surface area (Å²) in [5.41, 5.74) is -0.394. The number of aromatic nitrogens is 2. The Morgan fingerprint density at radius 2 is 2.00 bits per heavy atom. The van der Waals surface area contributed by atoms with E-state index >= 15 is 0 Å². The number of nitrogens with zero attached hydrogens (tertiary/aromatic N) is 2. The third-order valence-corrected chi connectivity index (χ3v) is 3.54. The highest BCUT2D eigenvalue weighted by Crippen LogP contribution is 2.32. The maximum absolute atomic E-state index is 12.7. The van der Waals surface area contributed by atoms with E-state index in [2.05, 4.69) is 10.4 Å². The summed E-state index contributed by atoms with van der Waals surface area (Å²) >= 11 is 5.96. The lowest BCUT2D eigenvalue weighted by atomic mass is 10.2. The van der Waals surface area contributed by atoms with Crippen LogP contribution in [0.15, 0.2) is 18.2 Å². The minimum Gasteiger partial charge on any atom is -0.495 e. The molecule has 2 rings (SSSR count). The van der Waals surface area contributed by atoms with E-state index in [1.807, 2.05) is 0 Å². The SMILES string of the molecule is COc1cc(Cl)c(C)cc1NC(=O)c1cc(C(F)(F)F)n(C)n1. The normalized spacial score (nSPS) is 11.4. The zero-order chi connectivity index (χ0) is 17.4. The van der Waals surface area contributed by atoms with Crippen molar-refractivity contribution in [2.75, 3.05) is 12.4 Å². The van der Waals surface area contributed by atoms with Gasteiger partial charge >= 0.3 is 6.18 Å². The maximum atomic E-state index is 12.7. The third-order valence-electron chi connectivity index (χ3n) is 3.13. The Kier molecular flexibility index (Phi) is 4.56. The number of nitrogens with one attached hydrogen (secondary N) is 1. The molecular formula is C14H13ClF3N3O2. The Morgan fingerprint density at radius 1 is 1.35 bits per heavy atom. The van der Waals surface area contributed by atoms with E-state index in [0.29, 0.717) is 32.8 Å². The Bertz CT molecular complexity index is 756. The highest BCUT2D eigenvalue weighted by Gasteiger charge is 2.35. The highest BCUT2D eigenvalue weighted by atomic mass is 35.5. The van der Waals surface area contributed by atoms with Crippen LogP contribution in [0.2, 0.25) is 5.02 Å². The van der Waals surface area contributed by atoms with E-state index in [-0.39, 0.29) is 5.69 Å². The van der Waals surface area contributed by atoms with Crippen LogP contribution in [-0.4, -0.2) is 22.8 Å². The summed E-state index contributed by atoms with van der Waals surface area (Å²) in [6.45, 7) is 1.72. The van der Waals surface area contributed by atoms with Gasteiger partial charge in [-0.05, 0) is 18.6 Å². The standard InChI is InChI=1S/C14H13ClF3N3O2/c1-7-4-9(11(23-3)5-8(7)15)19-13(22)10-6-12(14(16,17)18)21(2)20-10/h4-6H,1-3H3,(H,19,22). The predicted octanol–water partition coefficient (Wildman–Crippen LogP) is 3.66. The fourth-order valence-corrected chi connectivity index (χ4v) is 2.11. The molecule has 0 bridgehead atoms.